The van der Waals surface area contributed by atoms with Gasteiger partial charge in [-0.1, -0.05) is 6.92 Å². The Hall–Kier alpha value is -1.62. The zero-order valence-electron chi connectivity index (χ0n) is 11.2. The fraction of sp³-hybridized carbons (Fsp3) is 0.538. The summed E-state index contributed by atoms with van der Waals surface area (Å²) in [5.41, 5.74) is 7.29. The molecule has 1 unspecified atom stereocenters. The molecule has 0 fully saturated rings. The van der Waals surface area contributed by atoms with Crippen molar-refractivity contribution < 1.29 is 14.6 Å². The lowest BCUT2D eigenvalue weighted by atomic mass is 10.2. The van der Waals surface area contributed by atoms with E-state index in [4.69, 9.17) is 15.2 Å². The lowest BCUT2D eigenvalue weighted by Gasteiger charge is -2.15. The van der Waals surface area contributed by atoms with Crippen molar-refractivity contribution in [2.45, 2.75) is 25.9 Å². The van der Waals surface area contributed by atoms with Crippen LogP contribution in [0.1, 0.15) is 19.8 Å². The van der Waals surface area contributed by atoms with Crippen molar-refractivity contribution in [1.82, 2.24) is 0 Å². The van der Waals surface area contributed by atoms with Crippen LogP contribution in [0.2, 0.25) is 0 Å². The Balaban J connectivity index is 2.71. The quantitative estimate of drug-likeness (QED) is 0.647. The first-order valence-electron chi connectivity index (χ1n) is 6.05. The van der Waals surface area contributed by atoms with Gasteiger partial charge in [-0.05, 0) is 12.8 Å². The van der Waals surface area contributed by atoms with Crippen LogP contribution < -0.4 is 20.5 Å². The number of hydrogen-bond acceptors (Lipinski definition) is 5. The maximum Gasteiger partial charge on any atom is 0.162 e. The second-order valence-corrected chi connectivity index (χ2v) is 4.07. The maximum atomic E-state index is 9.47. The van der Waals surface area contributed by atoms with Crippen LogP contribution >= 0.6 is 0 Å². The molecule has 18 heavy (non-hydrogen) atoms. The third-order valence-corrected chi connectivity index (χ3v) is 2.82. The summed E-state index contributed by atoms with van der Waals surface area (Å²) >= 11 is 0. The molecule has 1 rings (SSSR count). The largest absolute Gasteiger partial charge is 0.493 e. The molecule has 0 amide bonds. The molecule has 102 valence electrons. The molecule has 1 atom stereocenters. The predicted molar refractivity (Wildman–Crippen MR) is 73.4 cm³/mol. The third kappa shape index (κ3) is 3.70. The van der Waals surface area contributed by atoms with Crippen molar-refractivity contribution >= 4 is 11.4 Å². The minimum atomic E-state index is -0.279. The van der Waals surface area contributed by atoms with Crippen LogP contribution in [-0.4, -0.2) is 32.0 Å². The molecule has 0 radical (unpaired) electrons. The molecule has 0 aliphatic heterocycles. The lowest BCUT2D eigenvalue weighted by Crippen LogP contribution is -2.13. The van der Waals surface area contributed by atoms with E-state index >= 15 is 0 Å². The third-order valence-electron chi connectivity index (χ3n) is 2.82. The second kappa shape index (κ2) is 6.96. The van der Waals surface area contributed by atoms with Crippen LogP contribution in [0.15, 0.2) is 12.1 Å². The van der Waals surface area contributed by atoms with E-state index in [9.17, 15) is 5.11 Å². The molecule has 0 saturated heterocycles. The highest BCUT2D eigenvalue weighted by Crippen LogP contribution is 2.34. The number of aliphatic hydroxyl groups excluding tert-OH is 1. The van der Waals surface area contributed by atoms with E-state index in [1.54, 1.807) is 26.4 Å². The van der Waals surface area contributed by atoms with Gasteiger partial charge in [-0.2, -0.15) is 0 Å². The summed E-state index contributed by atoms with van der Waals surface area (Å²) in [5.74, 6) is 1.24. The molecular formula is C13H22N2O3. The summed E-state index contributed by atoms with van der Waals surface area (Å²) < 4.78 is 10.4. The van der Waals surface area contributed by atoms with Crippen LogP contribution in [-0.2, 0) is 0 Å². The molecule has 0 bridgehead atoms. The molecule has 1 aromatic rings. The van der Waals surface area contributed by atoms with Gasteiger partial charge in [-0.25, -0.2) is 0 Å². The van der Waals surface area contributed by atoms with Crippen molar-refractivity contribution in [3.63, 3.8) is 0 Å². The van der Waals surface area contributed by atoms with Crippen molar-refractivity contribution in [1.29, 1.82) is 0 Å². The van der Waals surface area contributed by atoms with E-state index in [-0.39, 0.29) is 6.10 Å². The summed E-state index contributed by atoms with van der Waals surface area (Å²) in [6.45, 7) is 2.62. The first kappa shape index (κ1) is 14.4. The topological polar surface area (TPSA) is 76.7 Å². The van der Waals surface area contributed by atoms with Gasteiger partial charge in [-0.15, -0.1) is 0 Å². The number of nitrogens with one attached hydrogen (secondary N) is 1. The van der Waals surface area contributed by atoms with Gasteiger partial charge in [0.15, 0.2) is 11.5 Å². The second-order valence-electron chi connectivity index (χ2n) is 4.07. The average Bonchev–Trinajstić information content (AvgIpc) is 2.39. The van der Waals surface area contributed by atoms with Crippen LogP contribution in [0, 0.1) is 0 Å². The SMILES string of the molecule is CCC(O)CCNc1cc(OC)c(OC)cc1N. The van der Waals surface area contributed by atoms with E-state index < -0.39 is 0 Å². The molecule has 0 heterocycles. The number of anilines is 2. The van der Waals surface area contributed by atoms with Gasteiger partial charge < -0.3 is 25.6 Å². The molecule has 5 heteroatoms. The van der Waals surface area contributed by atoms with Gasteiger partial charge >= 0.3 is 0 Å². The normalized spacial score (nSPS) is 12.0. The number of nitrogens with two attached hydrogens (primary N) is 1. The molecule has 0 aliphatic rings. The number of rotatable bonds is 7. The zero-order valence-corrected chi connectivity index (χ0v) is 11.2. The summed E-state index contributed by atoms with van der Waals surface area (Å²) in [5, 5.41) is 12.7. The molecule has 0 spiro atoms. The lowest BCUT2D eigenvalue weighted by molar-refractivity contribution is 0.164. The van der Waals surface area contributed by atoms with Gasteiger partial charge in [0.25, 0.3) is 0 Å². The average molecular weight is 254 g/mol. The predicted octanol–water partition coefficient (Wildman–Crippen LogP) is 1.86. The number of benzene rings is 1. The van der Waals surface area contributed by atoms with Crippen molar-refractivity contribution in [3.8, 4) is 11.5 Å². The minimum absolute atomic E-state index is 0.279. The van der Waals surface area contributed by atoms with Gasteiger partial charge in [0.05, 0.1) is 31.7 Å². The van der Waals surface area contributed by atoms with Crippen LogP contribution in [0.25, 0.3) is 0 Å². The van der Waals surface area contributed by atoms with Crippen LogP contribution in [0.4, 0.5) is 11.4 Å². The molecular weight excluding hydrogens is 232 g/mol. The molecule has 5 nitrogen and oxygen atoms in total. The van der Waals surface area contributed by atoms with Gasteiger partial charge in [0.1, 0.15) is 0 Å². The van der Waals surface area contributed by atoms with E-state index in [1.165, 1.54) is 0 Å². The summed E-state index contributed by atoms with van der Waals surface area (Å²) in [6.07, 6.45) is 1.16. The fourth-order valence-corrected chi connectivity index (χ4v) is 1.63. The molecule has 1 aromatic carbocycles. The van der Waals surface area contributed by atoms with E-state index in [0.717, 1.165) is 12.1 Å². The highest BCUT2D eigenvalue weighted by atomic mass is 16.5. The molecule has 0 saturated carbocycles. The Morgan fingerprint density at radius 1 is 1.28 bits per heavy atom. The standard InChI is InChI=1S/C13H22N2O3/c1-4-9(16)5-6-15-11-8-13(18-3)12(17-2)7-10(11)14/h7-9,15-16H,4-6,14H2,1-3H3. The maximum absolute atomic E-state index is 9.47. The van der Waals surface area contributed by atoms with Crippen molar-refractivity contribution in [2.24, 2.45) is 0 Å². The number of aliphatic hydroxyl groups is 1. The Bertz CT molecular complexity index is 383. The summed E-state index contributed by atoms with van der Waals surface area (Å²) in [4.78, 5) is 0. The highest BCUT2D eigenvalue weighted by Gasteiger charge is 2.09. The first-order valence-corrected chi connectivity index (χ1v) is 6.05. The number of methoxy groups -OCH3 is 2. The summed E-state index contributed by atoms with van der Waals surface area (Å²) in [6, 6.07) is 3.52. The van der Waals surface area contributed by atoms with Gasteiger partial charge in [0.2, 0.25) is 0 Å². The van der Waals surface area contributed by atoms with E-state index in [1.807, 2.05) is 6.92 Å². The monoisotopic (exact) mass is 254 g/mol. The Kier molecular flexibility index (Phi) is 5.58. The van der Waals surface area contributed by atoms with Crippen LogP contribution in [0.3, 0.4) is 0 Å². The van der Waals surface area contributed by atoms with E-state index in [0.29, 0.717) is 30.2 Å². The number of nitrogen functional groups attached to an aromatic ring is 1. The number of hydrogen-bond donors (Lipinski definition) is 3. The Labute approximate surface area is 108 Å². The van der Waals surface area contributed by atoms with Gasteiger partial charge in [-0.3, -0.25) is 0 Å². The first-order chi connectivity index (χ1) is 8.62. The Morgan fingerprint density at radius 2 is 1.89 bits per heavy atom. The van der Waals surface area contributed by atoms with Crippen LogP contribution in [0.5, 0.6) is 11.5 Å². The molecule has 0 aliphatic carbocycles. The number of ether oxygens (including phenoxy) is 2. The Morgan fingerprint density at radius 3 is 2.44 bits per heavy atom. The zero-order chi connectivity index (χ0) is 13.5. The molecule has 0 aromatic heterocycles. The molecule has 4 N–H and O–H groups in total. The minimum Gasteiger partial charge on any atom is -0.493 e. The smallest absolute Gasteiger partial charge is 0.162 e. The highest BCUT2D eigenvalue weighted by molar-refractivity contribution is 5.72. The van der Waals surface area contributed by atoms with E-state index in [2.05, 4.69) is 5.32 Å². The van der Waals surface area contributed by atoms with Gasteiger partial charge in [0, 0.05) is 18.7 Å². The summed E-state index contributed by atoms with van der Waals surface area (Å²) in [7, 11) is 3.15. The fourth-order valence-electron chi connectivity index (χ4n) is 1.63. The van der Waals surface area contributed by atoms with Crippen molar-refractivity contribution in [3.05, 3.63) is 12.1 Å². The van der Waals surface area contributed by atoms with Crippen molar-refractivity contribution in [2.75, 3.05) is 31.8 Å².